The number of nitrogens with one attached hydrogen (secondary N) is 1. The van der Waals surface area contributed by atoms with Crippen LogP contribution >= 0.6 is 0 Å². The van der Waals surface area contributed by atoms with Crippen LogP contribution in [0.1, 0.15) is 26.7 Å². The second kappa shape index (κ2) is 7.31. The third-order valence-electron chi connectivity index (χ3n) is 5.56. The van der Waals surface area contributed by atoms with E-state index in [0.29, 0.717) is 16.9 Å². The summed E-state index contributed by atoms with van der Waals surface area (Å²) < 4.78 is 1.39. The van der Waals surface area contributed by atoms with Gasteiger partial charge in [0, 0.05) is 44.0 Å². The average molecular weight is 369 g/mol. The Morgan fingerprint density at radius 1 is 1.22 bits per heavy atom. The van der Waals surface area contributed by atoms with Gasteiger partial charge >= 0.3 is 0 Å². The van der Waals surface area contributed by atoms with Crippen molar-refractivity contribution in [1.82, 2.24) is 19.8 Å². The molecular formula is C20H27N5O2. The molecule has 3 fully saturated rings. The molecule has 27 heavy (non-hydrogen) atoms. The molecule has 7 nitrogen and oxygen atoms in total. The first-order valence-electron chi connectivity index (χ1n) is 9.79. The summed E-state index contributed by atoms with van der Waals surface area (Å²) in [4.78, 5) is 34.3. The van der Waals surface area contributed by atoms with Crippen LogP contribution in [0.15, 0.2) is 29.3 Å². The zero-order valence-electron chi connectivity index (χ0n) is 16.0. The summed E-state index contributed by atoms with van der Waals surface area (Å²) in [5.41, 5.74) is 1.59. The smallest absolute Gasteiger partial charge is 0.261 e. The fourth-order valence-electron chi connectivity index (χ4n) is 4.19. The van der Waals surface area contributed by atoms with Crippen molar-refractivity contribution in [3.63, 3.8) is 0 Å². The van der Waals surface area contributed by atoms with E-state index in [4.69, 9.17) is 0 Å². The number of anilines is 1. The number of amides is 1. The molecule has 0 unspecified atom stereocenters. The molecule has 5 rings (SSSR count). The number of carbonyl (C=O) groups is 1. The molecule has 0 aliphatic carbocycles. The molecule has 1 N–H and O–H groups in total. The lowest BCUT2D eigenvalue weighted by molar-refractivity contribution is -0.122. The minimum atomic E-state index is -0.178. The molecule has 2 aromatic rings. The van der Waals surface area contributed by atoms with Gasteiger partial charge in [-0.2, -0.15) is 0 Å². The van der Waals surface area contributed by atoms with Crippen LogP contribution in [0.25, 0.3) is 10.9 Å². The van der Waals surface area contributed by atoms with Gasteiger partial charge in [-0.1, -0.05) is 0 Å². The lowest BCUT2D eigenvalue weighted by Gasteiger charge is -2.33. The van der Waals surface area contributed by atoms with Crippen LogP contribution in [0.4, 0.5) is 5.69 Å². The van der Waals surface area contributed by atoms with E-state index in [-0.39, 0.29) is 24.1 Å². The van der Waals surface area contributed by atoms with Gasteiger partial charge in [-0.15, -0.1) is 0 Å². The van der Waals surface area contributed by atoms with Gasteiger partial charge in [0.25, 0.3) is 5.56 Å². The molecule has 3 aliphatic rings. The van der Waals surface area contributed by atoms with E-state index < -0.39 is 0 Å². The molecule has 0 saturated carbocycles. The van der Waals surface area contributed by atoms with Crippen molar-refractivity contribution in [3.05, 3.63) is 34.9 Å². The fourth-order valence-corrected chi connectivity index (χ4v) is 4.19. The number of fused-ring (bicyclic) bond motifs is 5. The molecule has 1 aromatic heterocycles. The maximum atomic E-state index is 12.9. The predicted molar refractivity (Wildman–Crippen MR) is 106 cm³/mol. The lowest BCUT2D eigenvalue weighted by atomic mass is 10.0. The highest BCUT2D eigenvalue weighted by atomic mass is 16.2. The highest BCUT2D eigenvalue weighted by Crippen LogP contribution is 2.28. The Morgan fingerprint density at radius 2 is 2.00 bits per heavy atom. The molecule has 0 spiro atoms. The van der Waals surface area contributed by atoms with Crippen LogP contribution in [0.3, 0.4) is 0 Å². The molecule has 3 aliphatic heterocycles. The largest absolute Gasteiger partial charge is 0.367 e. The highest BCUT2D eigenvalue weighted by Gasteiger charge is 2.29. The van der Waals surface area contributed by atoms with Crippen LogP contribution in [0.5, 0.6) is 0 Å². The second-order valence-corrected chi connectivity index (χ2v) is 7.87. The van der Waals surface area contributed by atoms with Crippen LogP contribution in [-0.4, -0.2) is 58.6 Å². The first-order chi connectivity index (χ1) is 13.0. The van der Waals surface area contributed by atoms with Crippen molar-refractivity contribution in [2.45, 2.75) is 45.3 Å². The Labute approximate surface area is 159 Å². The molecule has 1 aromatic carbocycles. The Hall–Kier alpha value is -2.41. The maximum absolute atomic E-state index is 12.9. The van der Waals surface area contributed by atoms with Crippen molar-refractivity contribution < 1.29 is 4.79 Å². The van der Waals surface area contributed by atoms with Gasteiger partial charge in [-0.3, -0.25) is 14.2 Å². The van der Waals surface area contributed by atoms with Gasteiger partial charge in [0.2, 0.25) is 5.91 Å². The summed E-state index contributed by atoms with van der Waals surface area (Å²) in [6.07, 6.45) is 3.81. The summed E-state index contributed by atoms with van der Waals surface area (Å²) in [6, 6.07) is 6.52. The lowest BCUT2D eigenvalue weighted by Crippen LogP contribution is -2.38. The van der Waals surface area contributed by atoms with E-state index in [1.165, 1.54) is 23.7 Å². The topological polar surface area (TPSA) is 70.5 Å². The van der Waals surface area contributed by atoms with E-state index in [9.17, 15) is 9.59 Å². The monoisotopic (exact) mass is 369 g/mol. The fraction of sp³-hybridized carbons (Fsp3) is 0.550. The van der Waals surface area contributed by atoms with Gasteiger partial charge < -0.3 is 15.1 Å². The van der Waals surface area contributed by atoms with Gasteiger partial charge in [0.15, 0.2) is 0 Å². The third-order valence-corrected chi connectivity index (χ3v) is 5.56. The van der Waals surface area contributed by atoms with Crippen LogP contribution < -0.4 is 15.8 Å². The number of nitrogens with zero attached hydrogens (tertiary/aromatic N) is 4. The number of hydrogen-bond donors (Lipinski definition) is 1. The van der Waals surface area contributed by atoms with Gasteiger partial charge in [-0.05, 0) is 44.9 Å². The number of carbonyl (C=O) groups excluding carboxylic acids is 1. The Kier molecular flexibility index (Phi) is 4.86. The Bertz CT molecular complexity index is 899. The Morgan fingerprint density at radius 3 is 2.74 bits per heavy atom. The molecule has 3 saturated heterocycles. The van der Waals surface area contributed by atoms with Crippen molar-refractivity contribution in [2.24, 2.45) is 0 Å². The third kappa shape index (κ3) is 3.69. The van der Waals surface area contributed by atoms with Crippen molar-refractivity contribution in [3.8, 4) is 0 Å². The first-order valence-corrected chi connectivity index (χ1v) is 9.79. The van der Waals surface area contributed by atoms with E-state index in [2.05, 4.69) is 26.2 Å². The van der Waals surface area contributed by atoms with Crippen molar-refractivity contribution in [2.75, 3.05) is 31.1 Å². The molecule has 1 amide bonds. The van der Waals surface area contributed by atoms with Crippen molar-refractivity contribution in [1.29, 1.82) is 0 Å². The van der Waals surface area contributed by atoms with Gasteiger partial charge in [0.05, 0.1) is 17.2 Å². The second-order valence-electron chi connectivity index (χ2n) is 7.87. The number of aromatic nitrogens is 2. The molecule has 2 bridgehead atoms. The van der Waals surface area contributed by atoms with Crippen LogP contribution in [0, 0.1) is 0 Å². The molecule has 0 atom stereocenters. The minimum Gasteiger partial charge on any atom is -0.367 e. The van der Waals surface area contributed by atoms with E-state index >= 15 is 0 Å². The number of hydrogen-bond acceptors (Lipinski definition) is 5. The zero-order chi connectivity index (χ0) is 19.0. The predicted octanol–water partition coefficient (Wildman–Crippen LogP) is 1.21. The maximum Gasteiger partial charge on any atom is 0.261 e. The minimum absolute atomic E-state index is 0.00845. The summed E-state index contributed by atoms with van der Waals surface area (Å²) >= 11 is 0. The highest BCUT2D eigenvalue weighted by molar-refractivity contribution is 5.82. The first kappa shape index (κ1) is 18.0. The van der Waals surface area contributed by atoms with Gasteiger partial charge in [-0.25, -0.2) is 4.98 Å². The standard InChI is InChI=1S/C20H27N5O2/c1-14(2)22-19(26)12-24-13-21-18-4-3-16(11-17(18)20(24)27)25-10-9-23-7-5-15(25)6-8-23/h3-4,11,13-15H,5-10,12H2,1-2H3,(H,22,26). The normalized spacial score (nSPS) is 22.3. The zero-order valence-corrected chi connectivity index (χ0v) is 16.0. The number of piperidine rings is 1. The summed E-state index contributed by atoms with van der Waals surface area (Å²) in [5.74, 6) is -0.178. The van der Waals surface area contributed by atoms with Crippen LogP contribution in [-0.2, 0) is 11.3 Å². The quantitative estimate of drug-likeness (QED) is 0.877. The molecule has 7 heteroatoms. The molecule has 4 heterocycles. The molecule has 144 valence electrons. The summed E-state index contributed by atoms with van der Waals surface area (Å²) in [5, 5.41) is 3.39. The molecule has 0 radical (unpaired) electrons. The van der Waals surface area contributed by atoms with Crippen LogP contribution in [0.2, 0.25) is 0 Å². The number of benzene rings is 1. The van der Waals surface area contributed by atoms with Crippen molar-refractivity contribution >= 4 is 22.5 Å². The molecular weight excluding hydrogens is 342 g/mol. The Balaban J connectivity index is 1.65. The SMILES string of the molecule is CC(C)NC(=O)Cn1cnc2ccc(N3CCN4CCC3CC4)cc2c1=O. The van der Waals surface area contributed by atoms with Gasteiger partial charge in [0.1, 0.15) is 6.54 Å². The number of rotatable bonds is 4. The van der Waals surface area contributed by atoms with E-state index in [0.717, 1.165) is 31.9 Å². The van der Waals surface area contributed by atoms with E-state index in [1.807, 2.05) is 26.0 Å². The summed E-state index contributed by atoms with van der Waals surface area (Å²) in [7, 11) is 0. The van der Waals surface area contributed by atoms with E-state index in [1.54, 1.807) is 0 Å². The average Bonchev–Trinajstić information content (AvgIpc) is 2.97. The summed E-state index contributed by atoms with van der Waals surface area (Å²) in [6.45, 7) is 8.17.